The van der Waals surface area contributed by atoms with Gasteiger partial charge in [-0.05, 0) is 30.5 Å². The van der Waals surface area contributed by atoms with Crippen molar-refractivity contribution in [2.75, 3.05) is 6.54 Å². The van der Waals surface area contributed by atoms with Gasteiger partial charge >= 0.3 is 0 Å². The van der Waals surface area contributed by atoms with Crippen LogP contribution in [0.25, 0.3) is 0 Å². The fourth-order valence-electron chi connectivity index (χ4n) is 2.68. The summed E-state index contributed by atoms with van der Waals surface area (Å²) >= 11 is 0. The number of phenolic OH excluding ortho intramolecular Hbond substituents is 1. The summed E-state index contributed by atoms with van der Waals surface area (Å²) in [6.45, 7) is 0.523. The summed E-state index contributed by atoms with van der Waals surface area (Å²) in [5, 5.41) is 19.6. The molecular weight excluding hydrogens is 202 g/mol. The van der Waals surface area contributed by atoms with Gasteiger partial charge in [-0.1, -0.05) is 25.0 Å². The third-order valence-electron chi connectivity index (χ3n) is 3.79. The smallest absolute Gasteiger partial charge is 0.115 e. The number of rotatable bonds is 3. The second-order valence-electron chi connectivity index (χ2n) is 4.77. The number of aromatic hydroxyl groups is 1. The van der Waals surface area contributed by atoms with Crippen LogP contribution in [-0.4, -0.2) is 16.8 Å². The number of hydrogen-bond donors (Lipinski definition) is 3. The molecule has 1 aliphatic carbocycles. The van der Waals surface area contributed by atoms with E-state index in [4.69, 9.17) is 5.73 Å². The predicted octanol–water partition coefficient (Wildman–Crippen LogP) is 1.94. The van der Waals surface area contributed by atoms with Crippen LogP contribution in [-0.2, 0) is 0 Å². The average Bonchev–Trinajstić information content (AvgIpc) is 2.79. The molecule has 0 saturated heterocycles. The fourth-order valence-corrected chi connectivity index (χ4v) is 2.68. The van der Waals surface area contributed by atoms with Crippen molar-refractivity contribution in [2.24, 2.45) is 11.1 Å². The van der Waals surface area contributed by atoms with Crippen LogP contribution >= 0.6 is 0 Å². The largest absolute Gasteiger partial charge is 0.508 e. The van der Waals surface area contributed by atoms with Crippen LogP contribution in [0.15, 0.2) is 24.3 Å². The molecule has 0 amide bonds. The quantitative estimate of drug-likeness (QED) is 0.730. The first-order chi connectivity index (χ1) is 7.68. The molecule has 0 radical (unpaired) electrons. The molecule has 0 aromatic heterocycles. The molecule has 0 spiro atoms. The number of phenols is 1. The fraction of sp³-hybridized carbons (Fsp3) is 0.538. The number of benzene rings is 1. The molecule has 1 aliphatic rings. The van der Waals surface area contributed by atoms with Gasteiger partial charge in [0.05, 0.1) is 6.10 Å². The molecule has 0 heterocycles. The normalized spacial score (nSPS) is 20.9. The van der Waals surface area contributed by atoms with E-state index >= 15 is 0 Å². The third-order valence-corrected chi connectivity index (χ3v) is 3.79. The molecule has 1 atom stereocenters. The Morgan fingerprint density at radius 1 is 1.19 bits per heavy atom. The maximum Gasteiger partial charge on any atom is 0.115 e. The number of nitrogens with two attached hydrogens (primary N) is 1. The van der Waals surface area contributed by atoms with Crippen molar-refractivity contribution in [3.05, 3.63) is 29.8 Å². The zero-order chi connectivity index (χ0) is 11.6. The standard InChI is InChI=1S/C13H19NO2/c14-9-13(7-1-2-8-13)12(16)10-3-5-11(15)6-4-10/h3-6,12,15-16H,1-2,7-9,14H2. The zero-order valence-electron chi connectivity index (χ0n) is 9.39. The highest BCUT2D eigenvalue weighted by atomic mass is 16.3. The second-order valence-corrected chi connectivity index (χ2v) is 4.77. The van der Waals surface area contributed by atoms with Gasteiger partial charge in [-0.15, -0.1) is 0 Å². The van der Waals surface area contributed by atoms with E-state index in [0.29, 0.717) is 6.54 Å². The highest BCUT2D eigenvalue weighted by Gasteiger charge is 2.39. The lowest BCUT2D eigenvalue weighted by Gasteiger charge is -2.33. The van der Waals surface area contributed by atoms with Gasteiger partial charge < -0.3 is 15.9 Å². The molecule has 1 aromatic rings. The van der Waals surface area contributed by atoms with Crippen molar-refractivity contribution >= 4 is 0 Å². The predicted molar refractivity (Wildman–Crippen MR) is 63.0 cm³/mol. The summed E-state index contributed by atoms with van der Waals surface area (Å²) in [5.74, 6) is 0.226. The first-order valence-electron chi connectivity index (χ1n) is 5.85. The van der Waals surface area contributed by atoms with Crippen molar-refractivity contribution in [3.63, 3.8) is 0 Å². The van der Waals surface area contributed by atoms with Crippen LogP contribution in [0.3, 0.4) is 0 Å². The van der Waals surface area contributed by atoms with Crippen LogP contribution < -0.4 is 5.73 Å². The third kappa shape index (κ3) is 1.93. The van der Waals surface area contributed by atoms with Gasteiger partial charge in [0, 0.05) is 12.0 Å². The number of aliphatic hydroxyl groups excluding tert-OH is 1. The Bertz CT molecular complexity index is 341. The zero-order valence-corrected chi connectivity index (χ0v) is 9.39. The highest BCUT2D eigenvalue weighted by molar-refractivity contribution is 5.28. The van der Waals surface area contributed by atoms with Crippen LogP contribution in [0.4, 0.5) is 0 Å². The molecule has 1 fully saturated rings. The minimum Gasteiger partial charge on any atom is -0.508 e. The second kappa shape index (κ2) is 4.44. The minimum atomic E-state index is -0.513. The lowest BCUT2D eigenvalue weighted by atomic mass is 9.77. The summed E-state index contributed by atoms with van der Waals surface area (Å²) in [6, 6.07) is 6.76. The monoisotopic (exact) mass is 221 g/mol. The Morgan fingerprint density at radius 2 is 1.75 bits per heavy atom. The Hall–Kier alpha value is -1.06. The van der Waals surface area contributed by atoms with Gasteiger partial charge in [-0.25, -0.2) is 0 Å². The molecule has 0 bridgehead atoms. The lowest BCUT2D eigenvalue weighted by molar-refractivity contribution is 0.0333. The van der Waals surface area contributed by atoms with Crippen molar-refractivity contribution < 1.29 is 10.2 Å². The number of aliphatic hydroxyl groups is 1. The molecule has 2 rings (SSSR count). The van der Waals surface area contributed by atoms with Crippen LogP contribution in [0.2, 0.25) is 0 Å². The maximum absolute atomic E-state index is 10.4. The van der Waals surface area contributed by atoms with Crippen LogP contribution in [0.1, 0.15) is 37.4 Å². The lowest BCUT2D eigenvalue weighted by Crippen LogP contribution is -2.34. The molecule has 0 aliphatic heterocycles. The molecule has 1 unspecified atom stereocenters. The molecule has 88 valence electrons. The highest BCUT2D eigenvalue weighted by Crippen LogP contribution is 2.46. The SMILES string of the molecule is NCC1(C(O)c2ccc(O)cc2)CCCC1. The molecule has 4 N–H and O–H groups in total. The van der Waals surface area contributed by atoms with E-state index in [0.717, 1.165) is 31.2 Å². The first-order valence-corrected chi connectivity index (χ1v) is 5.85. The van der Waals surface area contributed by atoms with Crippen molar-refractivity contribution in [1.29, 1.82) is 0 Å². The summed E-state index contributed by atoms with van der Waals surface area (Å²) in [6.07, 6.45) is 3.76. The van der Waals surface area contributed by atoms with E-state index in [9.17, 15) is 10.2 Å². The molecule has 3 nitrogen and oxygen atoms in total. The first kappa shape index (κ1) is 11.4. The molecule has 1 saturated carbocycles. The van der Waals surface area contributed by atoms with Crippen molar-refractivity contribution in [1.82, 2.24) is 0 Å². The van der Waals surface area contributed by atoms with E-state index in [2.05, 4.69) is 0 Å². The summed E-state index contributed by atoms with van der Waals surface area (Å²) in [5.41, 5.74) is 6.52. The Labute approximate surface area is 95.9 Å². The molecule has 16 heavy (non-hydrogen) atoms. The van der Waals surface area contributed by atoms with E-state index in [1.807, 2.05) is 0 Å². The topological polar surface area (TPSA) is 66.5 Å². The van der Waals surface area contributed by atoms with Crippen molar-refractivity contribution in [2.45, 2.75) is 31.8 Å². The Balaban J connectivity index is 2.23. The summed E-state index contributed by atoms with van der Waals surface area (Å²) in [7, 11) is 0. The van der Waals surface area contributed by atoms with Crippen molar-refractivity contribution in [3.8, 4) is 5.75 Å². The molecule has 1 aromatic carbocycles. The van der Waals surface area contributed by atoms with Gasteiger partial charge in [0.1, 0.15) is 5.75 Å². The van der Waals surface area contributed by atoms with E-state index in [1.54, 1.807) is 24.3 Å². The van der Waals surface area contributed by atoms with E-state index in [1.165, 1.54) is 0 Å². The summed E-state index contributed by atoms with van der Waals surface area (Å²) in [4.78, 5) is 0. The minimum absolute atomic E-state index is 0.156. The number of hydrogen-bond acceptors (Lipinski definition) is 3. The van der Waals surface area contributed by atoms with E-state index in [-0.39, 0.29) is 11.2 Å². The van der Waals surface area contributed by atoms with Gasteiger partial charge in [0.2, 0.25) is 0 Å². The molecule has 3 heteroatoms. The Kier molecular flexibility index (Phi) is 3.17. The van der Waals surface area contributed by atoms with Crippen LogP contribution in [0, 0.1) is 5.41 Å². The Morgan fingerprint density at radius 3 is 2.25 bits per heavy atom. The van der Waals surface area contributed by atoms with Gasteiger partial charge in [-0.2, -0.15) is 0 Å². The van der Waals surface area contributed by atoms with Gasteiger partial charge in [-0.3, -0.25) is 0 Å². The van der Waals surface area contributed by atoms with Gasteiger partial charge in [0.25, 0.3) is 0 Å². The van der Waals surface area contributed by atoms with Crippen LogP contribution in [0.5, 0.6) is 5.75 Å². The van der Waals surface area contributed by atoms with Gasteiger partial charge in [0.15, 0.2) is 0 Å². The molecular formula is C13H19NO2. The van der Waals surface area contributed by atoms with E-state index < -0.39 is 6.10 Å². The maximum atomic E-state index is 10.4. The average molecular weight is 221 g/mol. The summed E-state index contributed by atoms with van der Waals surface area (Å²) < 4.78 is 0.